The number of hydrogen-bond acceptors (Lipinski definition) is 3. The summed E-state index contributed by atoms with van der Waals surface area (Å²) in [5.41, 5.74) is 0.273. The number of hydrogen-bond donors (Lipinski definition) is 1. The van der Waals surface area contributed by atoms with E-state index >= 15 is 0 Å². The van der Waals surface area contributed by atoms with Crippen molar-refractivity contribution in [2.45, 2.75) is 11.4 Å². The number of aryl methyl sites for hydroxylation is 1. The molecule has 0 aliphatic heterocycles. The third-order valence-corrected chi connectivity index (χ3v) is 4.31. The first kappa shape index (κ1) is 14.2. The van der Waals surface area contributed by atoms with E-state index in [1.54, 1.807) is 36.0 Å². The summed E-state index contributed by atoms with van der Waals surface area (Å²) in [4.78, 5) is -0.353. The summed E-state index contributed by atoms with van der Waals surface area (Å²) in [6.07, 6.45) is 1.78. The van der Waals surface area contributed by atoms with Gasteiger partial charge in [0.1, 0.15) is 22.3 Å². The lowest BCUT2D eigenvalue weighted by Crippen LogP contribution is -2.25. The van der Waals surface area contributed by atoms with Crippen molar-refractivity contribution in [1.82, 2.24) is 9.29 Å². The number of nitrogens with zero attached hydrogens (tertiary/aromatic N) is 2. The quantitative estimate of drug-likeness (QED) is 0.928. The first-order chi connectivity index (χ1) is 9.45. The molecule has 0 aliphatic rings. The molecular formula is C13H12FN3O2S. The van der Waals surface area contributed by atoms with Crippen molar-refractivity contribution in [2.24, 2.45) is 7.05 Å². The topological polar surface area (TPSA) is 74.9 Å². The van der Waals surface area contributed by atoms with Gasteiger partial charge in [0.15, 0.2) is 0 Å². The van der Waals surface area contributed by atoms with E-state index in [0.717, 1.165) is 11.8 Å². The van der Waals surface area contributed by atoms with E-state index in [1.807, 2.05) is 0 Å². The highest BCUT2D eigenvalue weighted by Crippen LogP contribution is 2.18. The SMILES string of the molecule is Cn1cccc1CNS(=O)(=O)c1cccc(F)c1C#N. The summed E-state index contributed by atoms with van der Waals surface area (Å²) in [6.45, 7) is 0.0627. The fraction of sp³-hybridized carbons (Fsp3) is 0.154. The van der Waals surface area contributed by atoms with Gasteiger partial charge in [0.05, 0.1) is 6.54 Å². The molecule has 2 rings (SSSR count). The summed E-state index contributed by atoms with van der Waals surface area (Å²) in [5, 5.41) is 8.87. The Morgan fingerprint density at radius 1 is 1.35 bits per heavy atom. The van der Waals surface area contributed by atoms with Crippen LogP contribution in [0.4, 0.5) is 4.39 Å². The second kappa shape index (κ2) is 5.45. The zero-order valence-corrected chi connectivity index (χ0v) is 11.5. The van der Waals surface area contributed by atoms with Crippen LogP contribution in [0.3, 0.4) is 0 Å². The van der Waals surface area contributed by atoms with Crippen molar-refractivity contribution in [3.05, 3.63) is 53.6 Å². The second-order valence-electron chi connectivity index (χ2n) is 4.16. The van der Waals surface area contributed by atoms with Gasteiger partial charge >= 0.3 is 0 Å². The normalized spacial score (nSPS) is 11.2. The van der Waals surface area contributed by atoms with Gasteiger partial charge < -0.3 is 4.57 Å². The van der Waals surface area contributed by atoms with Gasteiger partial charge in [0, 0.05) is 18.9 Å². The van der Waals surface area contributed by atoms with Crippen molar-refractivity contribution in [3.8, 4) is 6.07 Å². The van der Waals surface area contributed by atoms with Crippen LogP contribution >= 0.6 is 0 Å². The minimum Gasteiger partial charge on any atom is -0.353 e. The van der Waals surface area contributed by atoms with Crippen LogP contribution in [0.5, 0.6) is 0 Å². The molecule has 0 aliphatic carbocycles. The van der Waals surface area contributed by atoms with Gasteiger partial charge in [-0.15, -0.1) is 0 Å². The smallest absolute Gasteiger partial charge is 0.242 e. The molecule has 1 N–H and O–H groups in total. The minimum atomic E-state index is -3.94. The highest BCUT2D eigenvalue weighted by molar-refractivity contribution is 7.89. The average Bonchev–Trinajstić information content (AvgIpc) is 2.82. The van der Waals surface area contributed by atoms with Crippen LogP contribution in [0.25, 0.3) is 0 Å². The van der Waals surface area contributed by atoms with E-state index in [4.69, 9.17) is 5.26 Å². The molecule has 0 fully saturated rings. The maximum absolute atomic E-state index is 13.4. The van der Waals surface area contributed by atoms with Crippen LogP contribution in [0.15, 0.2) is 41.4 Å². The Labute approximate surface area is 116 Å². The van der Waals surface area contributed by atoms with Crippen molar-refractivity contribution in [2.75, 3.05) is 0 Å². The molecule has 2 aromatic rings. The molecule has 7 heteroatoms. The zero-order chi connectivity index (χ0) is 14.8. The molecule has 5 nitrogen and oxygen atoms in total. The molecule has 0 bridgehead atoms. The molecule has 1 aromatic carbocycles. The number of rotatable bonds is 4. The van der Waals surface area contributed by atoms with Crippen LogP contribution in [-0.2, 0) is 23.6 Å². The third-order valence-electron chi connectivity index (χ3n) is 2.87. The summed E-state index contributed by atoms with van der Waals surface area (Å²) in [5.74, 6) is -0.853. The lowest BCUT2D eigenvalue weighted by molar-refractivity contribution is 0.574. The third kappa shape index (κ3) is 2.71. The van der Waals surface area contributed by atoms with Gasteiger partial charge in [-0.1, -0.05) is 6.07 Å². The van der Waals surface area contributed by atoms with Gasteiger partial charge in [-0.25, -0.2) is 17.5 Å². The van der Waals surface area contributed by atoms with Gasteiger partial charge in [-0.05, 0) is 24.3 Å². The molecule has 0 saturated carbocycles. The van der Waals surface area contributed by atoms with Crippen LogP contribution in [-0.4, -0.2) is 13.0 Å². The van der Waals surface area contributed by atoms with E-state index in [0.29, 0.717) is 0 Å². The maximum Gasteiger partial charge on any atom is 0.242 e. The van der Waals surface area contributed by atoms with Crippen LogP contribution in [0, 0.1) is 17.1 Å². The molecular weight excluding hydrogens is 281 g/mol. The molecule has 1 aromatic heterocycles. The fourth-order valence-electron chi connectivity index (χ4n) is 1.76. The standard InChI is InChI=1S/C13H12FN3O2S/c1-17-7-3-4-10(17)9-16-20(18,19)13-6-2-5-12(14)11(13)8-15/h2-7,16H,9H2,1H3. The molecule has 0 saturated heterocycles. The van der Waals surface area contributed by atoms with Gasteiger partial charge in [-0.3, -0.25) is 0 Å². The first-order valence-corrected chi connectivity index (χ1v) is 7.22. The number of benzene rings is 1. The number of halogens is 1. The Kier molecular flexibility index (Phi) is 3.88. The molecule has 20 heavy (non-hydrogen) atoms. The fourth-order valence-corrected chi connectivity index (χ4v) is 2.93. The van der Waals surface area contributed by atoms with E-state index in [2.05, 4.69) is 4.72 Å². The first-order valence-electron chi connectivity index (χ1n) is 5.74. The van der Waals surface area contributed by atoms with E-state index in [1.165, 1.54) is 12.1 Å². The van der Waals surface area contributed by atoms with Crippen LogP contribution in [0.1, 0.15) is 11.3 Å². The maximum atomic E-state index is 13.4. The molecule has 104 valence electrons. The van der Waals surface area contributed by atoms with Crippen molar-refractivity contribution in [3.63, 3.8) is 0 Å². The van der Waals surface area contributed by atoms with Gasteiger partial charge in [0.2, 0.25) is 10.0 Å². The highest BCUT2D eigenvalue weighted by Gasteiger charge is 2.21. The second-order valence-corrected chi connectivity index (χ2v) is 5.90. The van der Waals surface area contributed by atoms with Crippen molar-refractivity contribution >= 4 is 10.0 Å². The number of aromatic nitrogens is 1. The monoisotopic (exact) mass is 293 g/mol. The molecule has 0 amide bonds. The average molecular weight is 293 g/mol. The Balaban J connectivity index is 2.30. The lowest BCUT2D eigenvalue weighted by Gasteiger charge is -2.09. The Bertz CT molecular complexity index is 775. The molecule has 0 unspecified atom stereocenters. The van der Waals surface area contributed by atoms with E-state index in [9.17, 15) is 12.8 Å². The van der Waals surface area contributed by atoms with Crippen LogP contribution in [0.2, 0.25) is 0 Å². The predicted molar refractivity (Wildman–Crippen MR) is 70.6 cm³/mol. The zero-order valence-electron chi connectivity index (χ0n) is 10.7. The number of nitriles is 1. The Hall–Kier alpha value is -2.17. The summed E-state index contributed by atoms with van der Waals surface area (Å²) < 4.78 is 41.8. The highest BCUT2D eigenvalue weighted by atomic mass is 32.2. The summed E-state index contributed by atoms with van der Waals surface area (Å²) in [6, 6.07) is 8.63. The molecule has 0 spiro atoms. The Morgan fingerprint density at radius 3 is 2.70 bits per heavy atom. The lowest BCUT2D eigenvalue weighted by atomic mass is 10.2. The Morgan fingerprint density at radius 2 is 2.10 bits per heavy atom. The number of sulfonamides is 1. The summed E-state index contributed by atoms with van der Waals surface area (Å²) in [7, 11) is -2.16. The largest absolute Gasteiger partial charge is 0.353 e. The van der Waals surface area contributed by atoms with E-state index < -0.39 is 21.4 Å². The summed E-state index contributed by atoms with van der Waals surface area (Å²) >= 11 is 0. The van der Waals surface area contributed by atoms with Crippen LogP contribution < -0.4 is 4.72 Å². The minimum absolute atomic E-state index is 0.0627. The van der Waals surface area contributed by atoms with Gasteiger partial charge in [0.25, 0.3) is 0 Å². The molecule has 1 heterocycles. The predicted octanol–water partition coefficient (Wildman–Crippen LogP) is 1.51. The number of nitrogens with one attached hydrogen (secondary N) is 1. The molecule has 0 atom stereocenters. The molecule has 0 radical (unpaired) electrons. The van der Waals surface area contributed by atoms with Gasteiger partial charge in [-0.2, -0.15) is 5.26 Å². The van der Waals surface area contributed by atoms with Crippen molar-refractivity contribution in [1.29, 1.82) is 5.26 Å². The van der Waals surface area contributed by atoms with E-state index in [-0.39, 0.29) is 11.4 Å². The van der Waals surface area contributed by atoms with Crippen molar-refractivity contribution < 1.29 is 12.8 Å².